The maximum atomic E-state index is 13.3. The minimum atomic E-state index is -3.57. The van der Waals surface area contributed by atoms with E-state index in [1.165, 1.54) is 16.3 Å². The maximum absolute atomic E-state index is 13.3. The van der Waals surface area contributed by atoms with Gasteiger partial charge in [-0.15, -0.1) is 10.2 Å². The van der Waals surface area contributed by atoms with E-state index < -0.39 is 27.3 Å². The van der Waals surface area contributed by atoms with Crippen molar-refractivity contribution in [2.24, 2.45) is 5.73 Å². The molecule has 0 radical (unpaired) electrons. The Morgan fingerprint density at radius 3 is 1.53 bits per heavy atom. The van der Waals surface area contributed by atoms with Gasteiger partial charge in [-0.1, -0.05) is 48.5 Å². The van der Waals surface area contributed by atoms with E-state index in [1.54, 1.807) is 30.5 Å². The largest absolute Gasteiger partial charge is 0.461 e. The summed E-state index contributed by atoms with van der Waals surface area (Å²) in [5, 5.41) is 11.1. The van der Waals surface area contributed by atoms with Gasteiger partial charge < -0.3 is 31.4 Å². The van der Waals surface area contributed by atoms with Gasteiger partial charge in [0, 0.05) is 51.8 Å². The van der Waals surface area contributed by atoms with Crippen LogP contribution in [0, 0.1) is 0 Å². The number of carbonyl (C=O) groups excluding carboxylic acids is 2. The highest BCUT2D eigenvalue weighted by atomic mass is 32.2. The molecule has 0 atom stereocenters. The van der Waals surface area contributed by atoms with Crippen molar-refractivity contribution in [3.63, 3.8) is 0 Å². The van der Waals surface area contributed by atoms with Gasteiger partial charge in [0.15, 0.2) is 23.1 Å². The number of Topliss-reactive ketones (excluding diaryl/α,β-unsaturated/α-hetero) is 2. The Hall–Kier alpha value is -7.61. The van der Waals surface area contributed by atoms with Crippen molar-refractivity contribution < 1.29 is 35.6 Å². The highest BCUT2D eigenvalue weighted by molar-refractivity contribution is 7.90. The van der Waals surface area contributed by atoms with Gasteiger partial charge in [0.25, 0.3) is 16.7 Å². The number of nitrogen functional groups attached to an aromatic ring is 2. The first-order valence-corrected chi connectivity index (χ1v) is 26.0. The number of fused-ring (bicyclic) bond motifs is 2. The summed E-state index contributed by atoms with van der Waals surface area (Å²) in [6.45, 7) is 4.77. The van der Waals surface area contributed by atoms with Crippen LogP contribution >= 0.6 is 0 Å². The van der Waals surface area contributed by atoms with Crippen molar-refractivity contribution in [2.75, 3.05) is 75.4 Å². The van der Waals surface area contributed by atoms with Crippen LogP contribution in [0.5, 0.6) is 0 Å². The zero-order valence-corrected chi connectivity index (χ0v) is 41.6. The predicted octanol–water partition coefficient (Wildman–Crippen LogP) is 4.06. The fourth-order valence-corrected chi connectivity index (χ4v) is 8.68. The van der Waals surface area contributed by atoms with Crippen molar-refractivity contribution >= 4 is 50.8 Å². The third kappa shape index (κ3) is 14.5. The topological polar surface area (TPSA) is 303 Å². The molecule has 7 N–H and O–H groups in total. The van der Waals surface area contributed by atoms with Crippen molar-refractivity contribution in [1.29, 1.82) is 0 Å². The van der Waals surface area contributed by atoms with Crippen LogP contribution in [0.25, 0.3) is 34.7 Å². The number of nitrogens with one attached hydrogen (secondary N) is 1. The fraction of sp³-hybridized carbons (Fsp3) is 0.388. The predicted molar refractivity (Wildman–Crippen MR) is 271 cm³/mol. The number of nitrogens with two attached hydrogens (primary N) is 3. The van der Waals surface area contributed by atoms with E-state index in [4.69, 9.17) is 26.0 Å². The molecular weight excluding hydrogens is 979 g/mol. The highest BCUT2D eigenvalue weighted by Crippen LogP contribution is 2.20. The molecule has 0 aliphatic carbocycles. The molecule has 10 rings (SSSR count). The molecule has 390 valence electrons. The van der Waals surface area contributed by atoms with Gasteiger partial charge in [-0.05, 0) is 91.6 Å². The van der Waals surface area contributed by atoms with Crippen LogP contribution in [0.1, 0.15) is 47.9 Å². The summed E-state index contributed by atoms with van der Waals surface area (Å²) in [6.07, 6.45) is 7.21. The number of halogens is 2. The molecule has 74 heavy (non-hydrogen) atoms. The number of carbonyl (C=O) groups is 2. The lowest BCUT2D eigenvalue weighted by atomic mass is 10.0. The van der Waals surface area contributed by atoms with Crippen LogP contribution < -0.4 is 22.5 Å². The summed E-state index contributed by atoms with van der Waals surface area (Å²) in [7, 11) is -3.57. The number of sulfone groups is 1. The number of hydrogen-bond donors (Lipinski definition) is 4. The first-order chi connectivity index (χ1) is 35.6. The number of piperidine rings is 2. The summed E-state index contributed by atoms with van der Waals surface area (Å²) in [4.78, 5) is 53.0. The van der Waals surface area contributed by atoms with Crippen LogP contribution in [-0.2, 0) is 45.1 Å². The standard InChI is InChI=1S/C24H27FN8O2.C16H23FN2O.C9H8N6O3S/c25-18-8-11-32(12-9-18)15-19(34)14-17-5-3-16(4-6-17)7-10-27-23-29-22(26)33-24(30-23)28-21(31-33)20-2-1-13-35-20;17-15-6-9-19(10-7-15)12-16(20)11-14-3-1-13(2-4-14)5-8-18;1-19(16,17)9-12-7(10)15-8(13-9)11-6(14-15)5-3-2-4-18-5/h1-6,13,18H,7-12,14-15H2,(H3,26,27,28,29,30,31);1-4,15H,5-12,18H2;2-4H,1H3,(H2,10,11,12,13,14). The van der Waals surface area contributed by atoms with Crippen LogP contribution in [0.15, 0.2) is 99.3 Å². The molecule has 2 aliphatic rings. The van der Waals surface area contributed by atoms with E-state index in [1.807, 2.05) is 53.4 Å². The van der Waals surface area contributed by atoms with Gasteiger partial charge in [-0.3, -0.25) is 19.4 Å². The van der Waals surface area contributed by atoms with Gasteiger partial charge in [0.2, 0.25) is 39.3 Å². The number of likely N-dealkylation sites (tertiary alicyclic amines) is 2. The SMILES string of the molecule is CS(=O)(=O)c1nc(N)n2nc(-c3ccco3)nc2n1.NCCc1ccc(CC(=O)CN2CCC(F)CC2)cc1.Nc1nc(NCCc2ccc(CC(=O)CN3CCC(F)CC3)cc2)nc2nc(-c3ccco3)nn12. The number of hydrogen-bond acceptors (Lipinski definition) is 20. The Morgan fingerprint density at radius 1 is 0.635 bits per heavy atom. The van der Waals surface area contributed by atoms with Gasteiger partial charge in [-0.2, -0.15) is 38.9 Å². The molecule has 25 heteroatoms. The normalized spacial score (nSPS) is 14.9. The van der Waals surface area contributed by atoms with E-state index in [-0.39, 0.29) is 35.1 Å². The van der Waals surface area contributed by atoms with Gasteiger partial charge in [0.1, 0.15) is 12.3 Å². The molecule has 8 heterocycles. The Bertz CT molecular complexity index is 3210. The molecule has 2 fully saturated rings. The average Bonchev–Trinajstić information content (AvgIpc) is 4.23. The second kappa shape index (κ2) is 24.4. The van der Waals surface area contributed by atoms with E-state index in [9.17, 15) is 26.8 Å². The Morgan fingerprint density at radius 2 is 1.08 bits per heavy atom. The quantitative estimate of drug-likeness (QED) is 0.0999. The molecule has 2 aromatic carbocycles. The second-order valence-electron chi connectivity index (χ2n) is 18.0. The second-order valence-corrected chi connectivity index (χ2v) is 19.9. The lowest BCUT2D eigenvalue weighted by Gasteiger charge is -2.27. The van der Waals surface area contributed by atoms with Gasteiger partial charge in [0.05, 0.1) is 25.6 Å². The molecule has 2 saturated heterocycles. The zero-order chi connectivity index (χ0) is 52.2. The molecule has 8 aromatic rings. The number of rotatable bonds is 17. The van der Waals surface area contributed by atoms with Crippen LogP contribution in [0.4, 0.5) is 26.6 Å². The van der Waals surface area contributed by atoms with Gasteiger partial charge >= 0.3 is 0 Å². The van der Waals surface area contributed by atoms with Crippen molar-refractivity contribution in [2.45, 2.75) is 68.9 Å². The van der Waals surface area contributed by atoms with Crippen LogP contribution in [0.2, 0.25) is 0 Å². The maximum Gasteiger partial charge on any atom is 0.259 e. The number of furan rings is 2. The third-order valence-corrected chi connectivity index (χ3v) is 12.9. The van der Waals surface area contributed by atoms with E-state index >= 15 is 0 Å². The fourth-order valence-electron chi connectivity index (χ4n) is 8.17. The molecule has 0 amide bonds. The molecule has 22 nitrogen and oxygen atoms in total. The highest BCUT2D eigenvalue weighted by Gasteiger charge is 2.23. The number of alkyl halides is 2. The lowest BCUT2D eigenvalue weighted by molar-refractivity contribution is -0.120. The summed E-state index contributed by atoms with van der Waals surface area (Å²) in [6, 6.07) is 22.9. The molecule has 0 bridgehead atoms. The van der Waals surface area contributed by atoms with E-state index in [2.05, 4.69) is 50.3 Å². The van der Waals surface area contributed by atoms with Crippen LogP contribution in [-0.4, -0.2) is 150 Å². The molecule has 0 spiro atoms. The number of nitrogens with zero attached hydrogens (tertiary/aromatic N) is 12. The first-order valence-electron chi connectivity index (χ1n) is 24.1. The molecular formula is C49H58F2N16O6S. The van der Waals surface area contributed by atoms with Gasteiger partial charge in [-0.25, -0.2) is 17.2 Å². The molecule has 2 aliphatic heterocycles. The minimum absolute atomic E-state index is 0.0410. The monoisotopic (exact) mass is 1040 g/mol. The van der Waals surface area contributed by atoms with Crippen molar-refractivity contribution in [3.8, 4) is 23.2 Å². The first kappa shape index (κ1) is 52.7. The summed E-state index contributed by atoms with van der Waals surface area (Å²) < 4.78 is 62.1. The Labute approximate surface area is 424 Å². The zero-order valence-electron chi connectivity index (χ0n) is 40.8. The number of ketones is 2. The smallest absolute Gasteiger partial charge is 0.259 e. The summed E-state index contributed by atoms with van der Waals surface area (Å²) >= 11 is 0. The molecule has 6 aromatic heterocycles. The lowest BCUT2D eigenvalue weighted by Crippen LogP contribution is -2.38. The number of benzene rings is 2. The molecule has 0 unspecified atom stereocenters. The molecule has 0 saturated carbocycles. The number of anilines is 3. The van der Waals surface area contributed by atoms with E-state index in [0.29, 0.717) is 120 Å². The Balaban J connectivity index is 0.000000159. The minimum Gasteiger partial charge on any atom is -0.461 e. The van der Waals surface area contributed by atoms with Crippen molar-refractivity contribution in [3.05, 3.63) is 108 Å². The Kier molecular flexibility index (Phi) is 17.4. The van der Waals surface area contributed by atoms with E-state index in [0.717, 1.165) is 40.3 Å². The van der Waals surface area contributed by atoms with Crippen molar-refractivity contribution in [1.82, 2.24) is 58.9 Å². The summed E-state index contributed by atoms with van der Waals surface area (Å²) in [5.41, 5.74) is 21.5. The number of aromatic nitrogens is 10. The summed E-state index contributed by atoms with van der Waals surface area (Å²) in [5.74, 6) is 2.73. The van der Waals surface area contributed by atoms with Crippen LogP contribution in [0.3, 0.4) is 0 Å². The average molecular weight is 1040 g/mol. The third-order valence-electron chi connectivity index (χ3n) is 12.1.